The molecule has 0 radical (unpaired) electrons. The minimum atomic E-state index is 0.351. The van der Waals surface area contributed by atoms with Gasteiger partial charge in [0.15, 0.2) is 0 Å². The Labute approximate surface area is 103 Å². The second kappa shape index (κ2) is 5.58. The van der Waals surface area contributed by atoms with Gasteiger partial charge in [-0.1, -0.05) is 25.1 Å². The zero-order valence-corrected chi connectivity index (χ0v) is 10.5. The first-order valence-corrected chi connectivity index (χ1v) is 6.60. The summed E-state index contributed by atoms with van der Waals surface area (Å²) in [6.07, 6.45) is 4.47. The van der Waals surface area contributed by atoms with E-state index in [1.165, 1.54) is 12.0 Å². The second-order valence-electron chi connectivity index (χ2n) is 4.49. The van der Waals surface area contributed by atoms with E-state index in [4.69, 9.17) is 16.3 Å². The van der Waals surface area contributed by atoms with Crippen LogP contribution in [-0.4, -0.2) is 12.0 Å². The molecule has 0 saturated heterocycles. The highest BCUT2D eigenvalue weighted by Gasteiger charge is 2.26. The fourth-order valence-electron chi connectivity index (χ4n) is 2.37. The van der Waals surface area contributed by atoms with Crippen molar-refractivity contribution in [1.29, 1.82) is 0 Å². The Balaban J connectivity index is 2.12. The van der Waals surface area contributed by atoms with Gasteiger partial charge in [0, 0.05) is 5.38 Å². The van der Waals surface area contributed by atoms with Gasteiger partial charge in [-0.25, -0.2) is 0 Å². The highest BCUT2D eigenvalue weighted by molar-refractivity contribution is 6.20. The van der Waals surface area contributed by atoms with Crippen molar-refractivity contribution in [3.8, 4) is 5.75 Å². The largest absolute Gasteiger partial charge is 0.493 e. The molecule has 1 aromatic carbocycles. The fourth-order valence-corrected chi connectivity index (χ4v) is 2.71. The molecule has 0 heterocycles. The van der Waals surface area contributed by atoms with Crippen molar-refractivity contribution in [3.63, 3.8) is 0 Å². The summed E-state index contributed by atoms with van der Waals surface area (Å²) in [6, 6.07) is 8.40. The van der Waals surface area contributed by atoms with Crippen LogP contribution in [0.1, 0.15) is 44.1 Å². The van der Waals surface area contributed by atoms with Crippen LogP contribution in [0.4, 0.5) is 0 Å². The van der Waals surface area contributed by atoms with Crippen LogP contribution in [0.25, 0.3) is 0 Å². The third-order valence-electron chi connectivity index (χ3n) is 3.19. The second-order valence-corrected chi connectivity index (χ2v) is 5.11. The van der Waals surface area contributed by atoms with Crippen molar-refractivity contribution < 1.29 is 4.74 Å². The molecule has 2 unspecified atom stereocenters. The maximum atomic E-state index is 6.17. The Morgan fingerprint density at radius 3 is 2.81 bits per heavy atom. The van der Waals surface area contributed by atoms with Gasteiger partial charge >= 0.3 is 0 Å². The third-order valence-corrected chi connectivity index (χ3v) is 3.59. The Kier molecular flexibility index (Phi) is 4.11. The molecule has 2 atom stereocenters. The number of ether oxygens (including phenoxy) is 1. The molecule has 0 amide bonds. The minimum absolute atomic E-state index is 0.351. The highest BCUT2D eigenvalue weighted by atomic mass is 35.5. The quantitative estimate of drug-likeness (QED) is 0.709. The normalized spacial score (nSPS) is 24.6. The molecule has 88 valence electrons. The summed E-state index contributed by atoms with van der Waals surface area (Å²) in [6.45, 7) is 2.93. The van der Waals surface area contributed by atoms with E-state index in [2.05, 4.69) is 25.1 Å². The van der Waals surface area contributed by atoms with E-state index >= 15 is 0 Å². The van der Waals surface area contributed by atoms with Crippen molar-refractivity contribution >= 4 is 11.6 Å². The van der Waals surface area contributed by atoms with Crippen molar-refractivity contribution in [2.75, 3.05) is 6.61 Å². The smallest absolute Gasteiger partial charge is 0.122 e. The molecule has 2 rings (SSSR count). The maximum Gasteiger partial charge on any atom is 0.122 e. The summed E-state index contributed by atoms with van der Waals surface area (Å²) >= 11 is 6.17. The number of para-hydroxylation sites is 1. The number of benzene rings is 1. The van der Waals surface area contributed by atoms with Crippen LogP contribution < -0.4 is 4.74 Å². The van der Waals surface area contributed by atoms with Crippen molar-refractivity contribution in [2.24, 2.45) is 0 Å². The predicted molar refractivity (Wildman–Crippen MR) is 68.5 cm³/mol. The molecule has 1 aliphatic rings. The van der Waals surface area contributed by atoms with Crippen molar-refractivity contribution in [2.45, 2.75) is 43.9 Å². The summed E-state index contributed by atoms with van der Waals surface area (Å²) < 4.78 is 5.79. The predicted octanol–water partition coefficient (Wildman–Crippen LogP) is 4.35. The van der Waals surface area contributed by atoms with Gasteiger partial charge in [0.05, 0.1) is 6.61 Å². The van der Waals surface area contributed by atoms with E-state index in [1.807, 2.05) is 6.07 Å². The van der Waals surface area contributed by atoms with Crippen LogP contribution in [0, 0.1) is 0 Å². The molecule has 2 heteroatoms. The molecular formula is C14H19ClO. The first-order chi connectivity index (χ1) is 7.81. The molecule has 1 aromatic rings. The molecule has 0 N–H and O–H groups in total. The zero-order chi connectivity index (χ0) is 11.4. The molecule has 1 nitrogen and oxygen atoms in total. The Morgan fingerprint density at radius 2 is 2.12 bits per heavy atom. The van der Waals surface area contributed by atoms with E-state index in [9.17, 15) is 0 Å². The van der Waals surface area contributed by atoms with Crippen LogP contribution in [0.5, 0.6) is 5.75 Å². The van der Waals surface area contributed by atoms with E-state index in [-0.39, 0.29) is 0 Å². The summed E-state index contributed by atoms with van der Waals surface area (Å²) in [7, 11) is 0. The highest BCUT2D eigenvalue weighted by Crippen LogP contribution is 2.40. The first-order valence-electron chi connectivity index (χ1n) is 6.17. The lowest BCUT2D eigenvalue weighted by molar-refractivity contribution is 0.312. The SMILES string of the molecule is CCCOc1ccccc1C1CCC(Cl)C1. The minimum Gasteiger partial charge on any atom is -0.493 e. The van der Waals surface area contributed by atoms with Gasteiger partial charge in [0.25, 0.3) is 0 Å². The number of alkyl halides is 1. The summed E-state index contributed by atoms with van der Waals surface area (Å²) in [4.78, 5) is 0. The van der Waals surface area contributed by atoms with E-state index < -0.39 is 0 Å². The molecule has 16 heavy (non-hydrogen) atoms. The lowest BCUT2D eigenvalue weighted by atomic mass is 9.97. The van der Waals surface area contributed by atoms with Crippen molar-refractivity contribution in [1.82, 2.24) is 0 Å². The van der Waals surface area contributed by atoms with E-state index in [0.29, 0.717) is 11.3 Å². The molecule has 0 aliphatic heterocycles. The molecule has 0 aromatic heterocycles. The lowest BCUT2D eigenvalue weighted by Crippen LogP contribution is -2.02. The van der Waals surface area contributed by atoms with Crippen LogP contribution in [0.15, 0.2) is 24.3 Å². The molecular weight excluding hydrogens is 220 g/mol. The van der Waals surface area contributed by atoms with Gasteiger partial charge in [-0.15, -0.1) is 11.6 Å². The monoisotopic (exact) mass is 238 g/mol. The molecule has 0 bridgehead atoms. The maximum absolute atomic E-state index is 6.17. The summed E-state index contributed by atoms with van der Waals surface area (Å²) in [5, 5.41) is 0.351. The van der Waals surface area contributed by atoms with Crippen molar-refractivity contribution in [3.05, 3.63) is 29.8 Å². The topological polar surface area (TPSA) is 9.23 Å². The van der Waals surface area contributed by atoms with Gasteiger partial charge in [-0.05, 0) is 43.2 Å². The first kappa shape index (κ1) is 11.8. The Hall–Kier alpha value is -0.690. The van der Waals surface area contributed by atoms with Gasteiger partial charge < -0.3 is 4.74 Å². The Morgan fingerprint density at radius 1 is 1.31 bits per heavy atom. The van der Waals surface area contributed by atoms with Gasteiger partial charge in [-0.2, -0.15) is 0 Å². The van der Waals surface area contributed by atoms with Gasteiger partial charge in [0.2, 0.25) is 0 Å². The average Bonchev–Trinajstić information content (AvgIpc) is 2.73. The molecule has 1 fully saturated rings. The summed E-state index contributed by atoms with van der Waals surface area (Å²) in [5.41, 5.74) is 1.35. The number of halogens is 1. The third kappa shape index (κ3) is 2.70. The molecule has 1 aliphatic carbocycles. The Bertz CT molecular complexity index is 337. The standard InChI is InChI=1S/C14H19ClO/c1-2-9-16-14-6-4-3-5-13(14)11-7-8-12(15)10-11/h3-6,11-12H,2,7-10H2,1H3. The van der Waals surface area contributed by atoms with Crippen LogP contribution in [0.2, 0.25) is 0 Å². The number of rotatable bonds is 4. The summed E-state index contributed by atoms with van der Waals surface area (Å²) in [5.74, 6) is 1.65. The number of hydrogen-bond acceptors (Lipinski definition) is 1. The fraction of sp³-hybridized carbons (Fsp3) is 0.571. The lowest BCUT2D eigenvalue weighted by Gasteiger charge is -2.15. The van der Waals surface area contributed by atoms with Crippen LogP contribution in [0.3, 0.4) is 0 Å². The van der Waals surface area contributed by atoms with Gasteiger partial charge in [-0.3, -0.25) is 0 Å². The molecule has 1 saturated carbocycles. The van der Waals surface area contributed by atoms with E-state index in [1.54, 1.807) is 0 Å². The van der Waals surface area contributed by atoms with E-state index in [0.717, 1.165) is 31.6 Å². The van der Waals surface area contributed by atoms with Crippen LogP contribution >= 0.6 is 11.6 Å². The molecule has 0 spiro atoms. The van der Waals surface area contributed by atoms with Crippen LogP contribution in [-0.2, 0) is 0 Å². The van der Waals surface area contributed by atoms with Gasteiger partial charge in [0.1, 0.15) is 5.75 Å². The zero-order valence-electron chi connectivity index (χ0n) is 9.79. The number of hydrogen-bond donors (Lipinski definition) is 0. The average molecular weight is 239 g/mol.